The normalized spacial score (nSPS) is 50.1. The fraction of sp³-hybridized carbons (Fsp3) is 0.900. The van der Waals surface area contributed by atoms with Crippen molar-refractivity contribution in [2.45, 2.75) is 33.0 Å². The van der Waals surface area contributed by atoms with Crippen molar-refractivity contribution in [2.24, 2.45) is 23.7 Å². The highest BCUT2D eigenvalue weighted by molar-refractivity contribution is 5.74. The number of rotatable bonds is 0. The van der Waals surface area contributed by atoms with E-state index < -0.39 is 6.29 Å². The van der Waals surface area contributed by atoms with E-state index in [-0.39, 0.29) is 17.8 Å². The van der Waals surface area contributed by atoms with Gasteiger partial charge < -0.3 is 9.84 Å². The van der Waals surface area contributed by atoms with E-state index >= 15 is 0 Å². The summed E-state index contributed by atoms with van der Waals surface area (Å²) >= 11 is 0. The highest BCUT2D eigenvalue weighted by atomic mass is 16.6. The van der Waals surface area contributed by atoms with Crippen LogP contribution in [0.4, 0.5) is 0 Å². The van der Waals surface area contributed by atoms with Crippen LogP contribution in [0.25, 0.3) is 0 Å². The van der Waals surface area contributed by atoms with Crippen molar-refractivity contribution in [3.63, 3.8) is 0 Å². The molecule has 1 aliphatic carbocycles. The van der Waals surface area contributed by atoms with Gasteiger partial charge in [-0.2, -0.15) is 0 Å². The monoisotopic (exact) mass is 184 g/mol. The van der Waals surface area contributed by atoms with Crippen molar-refractivity contribution in [3.8, 4) is 0 Å². The molecule has 3 heteroatoms. The molecule has 0 bridgehead atoms. The van der Waals surface area contributed by atoms with Gasteiger partial charge in [-0.15, -0.1) is 0 Å². The molecule has 1 saturated carbocycles. The van der Waals surface area contributed by atoms with Gasteiger partial charge in [0.1, 0.15) is 0 Å². The van der Waals surface area contributed by atoms with Gasteiger partial charge in [-0.25, -0.2) is 0 Å². The molecule has 0 aromatic heterocycles. The lowest BCUT2D eigenvalue weighted by atomic mass is 9.80. The van der Waals surface area contributed by atoms with Crippen LogP contribution in [0.3, 0.4) is 0 Å². The lowest BCUT2D eigenvalue weighted by Crippen LogP contribution is -2.43. The van der Waals surface area contributed by atoms with Crippen molar-refractivity contribution in [1.29, 1.82) is 0 Å². The molecule has 1 heterocycles. The quantitative estimate of drug-likeness (QED) is 0.575. The lowest BCUT2D eigenvalue weighted by Gasteiger charge is -2.35. The predicted octanol–water partition coefficient (Wildman–Crippen LogP) is 1.16. The van der Waals surface area contributed by atoms with Crippen LogP contribution in [0.5, 0.6) is 0 Å². The summed E-state index contributed by atoms with van der Waals surface area (Å²) in [6.45, 7) is 4.06. The largest absolute Gasteiger partial charge is 0.435 e. The third kappa shape index (κ3) is 1.26. The second-order valence-electron chi connectivity index (χ2n) is 4.43. The van der Waals surface area contributed by atoms with Gasteiger partial charge in [0.2, 0.25) is 6.29 Å². The maximum absolute atomic E-state index is 11.5. The first-order valence-electron chi connectivity index (χ1n) is 5.00. The number of cyclic esters (lactones) is 1. The molecule has 5 atom stereocenters. The second-order valence-corrected chi connectivity index (χ2v) is 4.43. The summed E-state index contributed by atoms with van der Waals surface area (Å²) in [4.78, 5) is 11.5. The Hall–Kier alpha value is -0.570. The second kappa shape index (κ2) is 2.98. The summed E-state index contributed by atoms with van der Waals surface area (Å²) in [6.07, 6.45) is 1.26. The van der Waals surface area contributed by atoms with Crippen molar-refractivity contribution in [3.05, 3.63) is 0 Å². The van der Waals surface area contributed by atoms with Crippen LogP contribution in [0.1, 0.15) is 26.7 Å². The summed E-state index contributed by atoms with van der Waals surface area (Å²) in [6, 6.07) is 0. The van der Waals surface area contributed by atoms with Crippen LogP contribution in [0.15, 0.2) is 0 Å². The molecular weight excluding hydrogens is 168 g/mol. The van der Waals surface area contributed by atoms with Crippen molar-refractivity contribution in [2.75, 3.05) is 0 Å². The molecule has 0 amide bonds. The molecule has 0 aromatic carbocycles. The molecule has 2 fully saturated rings. The molecule has 0 spiro atoms. The van der Waals surface area contributed by atoms with Crippen molar-refractivity contribution < 1.29 is 14.6 Å². The molecule has 3 nitrogen and oxygen atoms in total. The first-order chi connectivity index (χ1) is 6.11. The molecule has 0 aromatic rings. The van der Waals surface area contributed by atoms with E-state index in [1.54, 1.807) is 0 Å². The van der Waals surface area contributed by atoms with Crippen LogP contribution in [0, 0.1) is 23.7 Å². The number of carbonyl (C=O) groups excluding carboxylic acids is 1. The highest BCUT2D eigenvalue weighted by Gasteiger charge is 2.48. The van der Waals surface area contributed by atoms with E-state index in [1.807, 2.05) is 6.92 Å². The van der Waals surface area contributed by atoms with E-state index in [9.17, 15) is 9.90 Å². The highest BCUT2D eigenvalue weighted by Crippen LogP contribution is 2.45. The van der Waals surface area contributed by atoms with Crippen LogP contribution < -0.4 is 0 Å². The molecule has 2 rings (SSSR count). The molecule has 2 aliphatic rings. The summed E-state index contributed by atoms with van der Waals surface area (Å²) in [5.41, 5.74) is 0. The Morgan fingerprint density at radius 1 is 1.38 bits per heavy atom. The fourth-order valence-electron chi connectivity index (χ4n) is 2.75. The third-order valence-corrected chi connectivity index (χ3v) is 3.66. The Bertz CT molecular complexity index is 226. The minimum absolute atomic E-state index is 0.0402. The number of aliphatic hydroxyl groups excluding tert-OH is 1. The van der Waals surface area contributed by atoms with Crippen LogP contribution in [-0.2, 0) is 9.53 Å². The van der Waals surface area contributed by atoms with Crippen LogP contribution in [-0.4, -0.2) is 17.4 Å². The third-order valence-electron chi connectivity index (χ3n) is 3.66. The van der Waals surface area contributed by atoms with Gasteiger partial charge in [-0.1, -0.05) is 13.8 Å². The van der Waals surface area contributed by atoms with Gasteiger partial charge in [0.05, 0.1) is 5.92 Å². The number of fused-ring (bicyclic) bond motifs is 1. The minimum Gasteiger partial charge on any atom is -0.435 e. The maximum atomic E-state index is 11.5. The summed E-state index contributed by atoms with van der Waals surface area (Å²) < 4.78 is 4.90. The average molecular weight is 184 g/mol. The Kier molecular flexibility index (Phi) is 2.06. The van der Waals surface area contributed by atoms with Gasteiger partial charge in [0, 0.05) is 5.92 Å². The number of hydrogen-bond donors (Lipinski definition) is 1. The molecule has 0 radical (unpaired) electrons. The Morgan fingerprint density at radius 2 is 2.08 bits per heavy atom. The first kappa shape index (κ1) is 9.00. The molecule has 1 aliphatic heterocycles. The zero-order chi connectivity index (χ0) is 9.59. The molecule has 74 valence electrons. The molecule has 0 unspecified atom stereocenters. The van der Waals surface area contributed by atoms with E-state index in [2.05, 4.69) is 6.92 Å². The smallest absolute Gasteiger partial charge is 0.311 e. The van der Waals surface area contributed by atoms with Gasteiger partial charge in [0.15, 0.2) is 0 Å². The zero-order valence-electron chi connectivity index (χ0n) is 8.06. The number of aliphatic hydroxyl groups is 1. The van der Waals surface area contributed by atoms with Gasteiger partial charge in [-0.05, 0) is 24.7 Å². The number of hydrogen-bond acceptors (Lipinski definition) is 3. The Labute approximate surface area is 78.1 Å². The van der Waals surface area contributed by atoms with E-state index in [4.69, 9.17) is 4.74 Å². The SMILES string of the molecule is C[C@H]1[C@H]2CC[C@H](C)[C@H]2C(=O)O[C@H]1O. The minimum atomic E-state index is -0.876. The van der Waals surface area contributed by atoms with Crippen LogP contribution in [0.2, 0.25) is 0 Å². The Balaban J connectivity index is 2.21. The number of ether oxygens (including phenoxy) is 1. The van der Waals surface area contributed by atoms with Gasteiger partial charge >= 0.3 is 5.97 Å². The van der Waals surface area contributed by atoms with E-state index in [0.717, 1.165) is 12.8 Å². The number of esters is 1. The van der Waals surface area contributed by atoms with E-state index in [1.165, 1.54) is 0 Å². The van der Waals surface area contributed by atoms with Crippen molar-refractivity contribution >= 4 is 5.97 Å². The van der Waals surface area contributed by atoms with Gasteiger partial charge in [-0.3, -0.25) is 4.79 Å². The van der Waals surface area contributed by atoms with Gasteiger partial charge in [0.25, 0.3) is 0 Å². The standard InChI is InChI=1S/C10H16O3/c1-5-3-4-7-6(2)9(11)13-10(12)8(5)7/h5-9,11H,3-4H2,1-2H3/t5-,6-,7+,8+,9+/m0/s1. The average Bonchev–Trinajstić information content (AvgIpc) is 2.44. The first-order valence-corrected chi connectivity index (χ1v) is 5.00. The predicted molar refractivity (Wildman–Crippen MR) is 46.6 cm³/mol. The summed E-state index contributed by atoms with van der Waals surface area (Å²) in [7, 11) is 0. The maximum Gasteiger partial charge on any atom is 0.311 e. The van der Waals surface area contributed by atoms with Crippen molar-refractivity contribution in [1.82, 2.24) is 0 Å². The number of carbonyl (C=O) groups is 1. The molecule has 1 N–H and O–H groups in total. The summed E-state index contributed by atoms with van der Waals surface area (Å²) in [5.74, 6) is 0.713. The molecular formula is C10H16O3. The lowest BCUT2D eigenvalue weighted by molar-refractivity contribution is -0.204. The zero-order valence-corrected chi connectivity index (χ0v) is 8.06. The summed E-state index contributed by atoms with van der Waals surface area (Å²) in [5, 5.41) is 9.44. The van der Waals surface area contributed by atoms with Crippen LogP contribution >= 0.6 is 0 Å². The Morgan fingerprint density at radius 3 is 2.77 bits per heavy atom. The van der Waals surface area contributed by atoms with E-state index in [0.29, 0.717) is 11.8 Å². The molecule has 1 saturated heterocycles. The molecule has 13 heavy (non-hydrogen) atoms. The fourth-order valence-corrected chi connectivity index (χ4v) is 2.75. The topological polar surface area (TPSA) is 46.5 Å².